The molecule has 2 aromatic heterocycles. The Hall–Kier alpha value is -7.10. The molecule has 0 bridgehead atoms. The Morgan fingerprint density at radius 2 is 0.471 bits per heavy atom. The van der Waals surface area contributed by atoms with E-state index in [1.165, 1.54) is 132 Å². The molecule has 0 aliphatic carbocycles. The Kier molecular flexibility index (Phi) is 14.4. The molecule has 0 unspecified atom stereocenters. The second-order valence-corrected chi connectivity index (χ2v) is 20.1. The van der Waals surface area contributed by atoms with Crippen LogP contribution in [0.4, 0.5) is 0 Å². The van der Waals surface area contributed by atoms with Gasteiger partial charge in [-0.3, -0.25) is 0 Å². The minimum atomic E-state index is 1.21. The van der Waals surface area contributed by atoms with Crippen molar-refractivity contribution in [3.8, 4) is 89.0 Å². The Balaban J connectivity index is 0.000000917. The molecule has 0 spiro atoms. The van der Waals surface area contributed by atoms with Gasteiger partial charge in [-0.05, 0) is 152 Å². The van der Waals surface area contributed by atoms with Crippen LogP contribution in [0.3, 0.4) is 0 Å². The quantitative estimate of drug-likeness (QED) is 0.142. The van der Waals surface area contributed by atoms with Crippen LogP contribution in [0.25, 0.3) is 109 Å². The van der Waals surface area contributed by atoms with Gasteiger partial charge in [-0.15, -0.1) is 22.7 Å². The van der Waals surface area contributed by atoms with Crippen LogP contribution < -0.4 is 0 Å². The first-order valence-corrected chi connectivity index (χ1v) is 25.7. The molecular weight excluding hydrogens is 857 g/mol. The van der Waals surface area contributed by atoms with Crippen LogP contribution in [0.15, 0.2) is 218 Å². The number of thiophene rings is 2. The van der Waals surface area contributed by atoms with E-state index in [1.807, 2.05) is 22.7 Å². The van der Waals surface area contributed by atoms with E-state index in [9.17, 15) is 0 Å². The first-order valence-electron chi connectivity index (χ1n) is 24.0. The zero-order chi connectivity index (χ0) is 47.0. The molecule has 0 saturated heterocycles. The summed E-state index contributed by atoms with van der Waals surface area (Å²) in [6, 6.07) is 80.3. The van der Waals surface area contributed by atoms with Crippen molar-refractivity contribution in [2.75, 3.05) is 0 Å². The zero-order valence-corrected chi connectivity index (χ0v) is 41.6. The highest BCUT2D eigenvalue weighted by Crippen LogP contribution is 2.50. The summed E-state index contributed by atoms with van der Waals surface area (Å²) < 4.78 is 2.68. The van der Waals surface area contributed by atoms with Gasteiger partial charge in [0.15, 0.2) is 0 Å². The van der Waals surface area contributed by atoms with Crippen molar-refractivity contribution < 1.29 is 0 Å². The maximum atomic E-state index is 2.42. The van der Waals surface area contributed by atoms with Crippen LogP contribution in [0.5, 0.6) is 0 Å². The van der Waals surface area contributed by atoms with Crippen molar-refractivity contribution in [2.45, 2.75) is 54.4 Å². The maximum Gasteiger partial charge on any atom is 0.0437 e. The lowest BCUT2D eigenvalue weighted by molar-refractivity contribution is 1.09. The van der Waals surface area contributed by atoms with E-state index in [2.05, 4.69) is 260 Å². The summed E-state index contributed by atoms with van der Waals surface area (Å²) in [7, 11) is 0. The molecule has 0 radical (unpaired) electrons. The van der Waals surface area contributed by atoms with Gasteiger partial charge in [0.1, 0.15) is 0 Å². The molecule has 0 aliphatic heterocycles. The third kappa shape index (κ3) is 9.95. The van der Waals surface area contributed by atoms with E-state index < -0.39 is 0 Å². The normalized spacial score (nSPS) is 10.9. The van der Waals surface area contributed by atoms with E-state index in [4.69, 9.17) is 0 Å². The predicted octanol–water partition coefficient (Wildman–Crippen LogP) is 20.9. The molecule has 0 aliphatic rings. The number of benzene rings is 9. The maximum absolute atomic E-state index is 2.42. The molecule has 68 heavy (non-hydrogen) atoms. The van der Waals surface area contributed by atoms with Crippen LogP contribution in [0.2, 0.25) is 0 Å². The Morgan fingerprint density at radius 3 is 0.750 bits per heavy atom. The molecular formula is C66H58S2. The smallest absolute Gasteiger partial charge is 0.0437 e. The third-order valence-corrected chi connectivity index (χ3v) is 14.1. The van der Waals surface area contributed by atoms with Crippen molar-refractivity contribution in [2.24, 2.45) is 0 Å². The minimum Gasteiger partial charge on any atom is -0.140 e. The van der Waals surface area contributed by atoms with E-state index in [-0.39, 0.29) is 0 Å². The fraction of sp³-hybridized carbons (Fsp3) is 0.121. The first kappa shape index (κ1) is 46.0. The standard InChI is InChI=1S/C60H42S2.2C3H8/c1-39-29-55-57(47-27-15-25-45(31-47)53-35-49(41-17-7-3-8-18-41)33-50(36-53)42-19-9-4-10-20-42)60-56(30-40(2)62-60)58(59(55)61-39)48-28-16-26-46(32-48)54-37-51(43-21-11-5-12-22-43)34-52(38-54)44-23-13-6-14-24-44;2*1-3-2/h3-38H,1-2H3;2*3H2,1-2H3. The highest BCUT2D eigenvalue weighted by molar-refractivity contribution is 7.22. The van der Waals surface area contributed by atoms with Gasteiger partial charge >= 0.3 is 0 Å². The van der Waals surface area contributed by atoms with Gasteiger partial charge in [0.05, 0.1) is 0 Å². The number of fused-ring (bicyclic) bond motifs is 2. The number of hydrogen-bond donors (Lipinski definition) is 0. The van der Waals surface area contributed by atoms with Gasteiger partial charge in [-0.1, -0.05) is 198 Å². The number of aryl methyl sites for hydroxylation is 2. The molecule has 2 heterocycles. The van der Waals surface area contributed by atoms with E-state index >= 15 is 0 Å². The van der Waals surface area contributed by atoms with Gasteiger partial charge < -0.3 is 0 Å². The second kappa shape index (κ2) is 21.2. The van der Waals surface area contributed by atoms with Gasteiger partial charge in [0, 0.05) is 41.1 Å². The van der Waals surface area contributed by atoms with Gasteiger partial charge in [0.2, 0.25) is 0 Å². The summed E-state index contributed by atoms with van der Waals surface area (Å²) in [5, 5.41) is 2.64. The largest absolute Gasteiger partial charge is 0.140 e. The minimum absolute atomic E-state index is 1.21. The van der Waals surface area contributed by atoms with Crippen LogP contribution in [-0.4, -0.2) is 0 Å². The lowest BCUT2D eigenvalue weighted by Gasteiger charge is -2.15. The molecule has 9 aromatic carbocycles. The Morgan fingerprint density at radius 1 is 0.250 bits per heavy atom. The summed E-state index contributed by atoms with van der Waals surface area (Å²) in [5.41, 5.74) is 19.7. The van der Waals surface area contributed by atoms with E-state index in [0.717, 1.165) is 0 Å². The monoisotopic (exact) mass is 914 g/mol. The molecule has 334 valence electrons. The fourth-order valence-corrected chi connectivity index (χ4v) is 11.3. The first-order chi connectivity index (χ1) is 33.3. The van der Waals surface area contributed by atoms with Crippen molar-refractivity contribution in [3.63, 3.8) is 0 Å². The lowest BCUT2D eigenvalue weighted by atomic mass is 9.89. The highest BCUT2D eigenvalue weighted by atomic mass is 32.1. The van der Waals surface area contributed by atoms with E-state index in [1.54, 1.807) is 0 Å². The summed E-state index contributed by atoms with van der Waals surface area (Å²) in [6.07, 6.45) is 2.50. The molecule has 2 heteroatoms. The molecule has 0 fully saturated rings. The average Bonchev–Trinajstić information content (AvgIpc) is 3.97. The summed E-state index contributed by atoms with van der Waals surface area (Å²) in [5.74, 6) is 0. The van der Waals surface area contributed by atoms with Crippen molar-refractivity contribution >= 4 is 42.8 Å². The lowest BCUT2D eigenvalue weighted by Crippen LogP contribution is -1.89. The highest BCUT2D eigenvalue weighted by Gasteiger charge is 2.22. The summed E-state index contributed by atoms with van der Waals surface area (Å²) in [4.78, 5) is 2.63. The van der Waals surface area contributed by atoms with Gasteiger partial charge in [-0.2, -0.15) is 0 Å². The summed E-state index contributed by atoms with van der Waals surface area (Å²) in [6.45, 7) is 13.0. The van der Waals surface area contributed by atoms with Crippen molar-refractivity contribution in [1.29, 1.82) is 0 Å². The Bertz CT molecular complexity index is 3030. The second-order valence-electron chi connectivity index (χ2n) is 17.6. The molecule has 0 atom stereocenters. The van der Waals surface area contributed by atoms with Gasteiger partial charge in [-0.25, -0.2) is 0 Å². The number of rotatable bonds is 8. The molecule has 0 saturated carbocycles. The third-order valence-electron chi connectivity index (χ3n) is 12.0. The Labute approximate surface area is 411 Å². The molecule has 11 aromatic rings. The van der Waals surface area contributed by atoms with Gasteiger partial charge in [0.25, 0.3) is 0 Å². The van der Waals surface area contributed by atoms with Crippen LogP contribution in [-0.2, 0) is 0 Å². The van der Waals surface area contributed by atoms with Crippen LogP contribution in [0, 0.1) is 13.8 Å². The number of hydrogen-bond acceptors (Lipinski definition) is 2. The molecule has 0 amide bonds. The van der Waals surface area contributed by atoms with E-state index in [0.29, 0.717) is 0 Å². The van der Waals surface area contributed by atoms with Crippen molar-refractivity contribution in [1.82, 2.24) is 0 Å². The predicted molar refractivity (Wildman–Crippen MR) is 302 cm³/mol. The SMILES string of the molecule is CCC.CCC.Cc1cc2c(-c3cccc(-c4cc(-c5ccccc5)cc(-c5ccccc5)c4)c3)c3sc(C)cc3c(-c3cccc(-c4cc(-c5ccccc5)cc(-c5ccccc5)c4)c3)c2s1. The summed E-state index contributed by atoms with van der Waals surface area (Å²) >= 11 is 3.82. The van der Waals surface area contributed by atoms with Crippen LogP contribution >= 0.6 is 22.7 Å². The molecule has 0 N–H and O–H groups in total. The molecule has 0 nitrogen and oxygen atoms in total. The fourth-order valence-electron chi connectivity index (χ4n) is 9.08. The topological polar surface area (TPSA) is 0 Å². The van der Waals surface area contributed by atoms with Crippen molar-refractivity contribution in [3.05, 3.63) is 228 Å². The molecule has 11 rings (SSSR count). The average molecular weight is 915 g/mol. The van der Waals surface area contributed by atoms with Crippen LogP contribution in [0.1, 0.15) is 50.3 Å². The zero-order valence-electron chi connectivity index (χ0n) is 40.0.